The smallest absolute Gasteiger partial charge is 0.337 e. The summed E-state index contributed by atoms with van der Waals surface area (Å²) in [6.45, 7) is 0. The number of halogens is 1. The summed E-state index contributed by atoms with van der Waals surface area (Å²) in [7, 11) is 0. The molecule has 4 N–H and O–H groups in total. The minimum atomic E-state index is -1.20. The van der Waals surface area contributed by atoms with Crippen LogP contribution in [0.1, 0.15) is 20.7 Å². The van der Waals surface area contributed by atoms with Crippen LogP contribution in [-0.2, 0) is 0 Å². The van der Waals surface area contributed by atoms with Crippen LogP contribution >= 0.6 is 15.9 Å². The molecule has 6 nitrogen and oxygen atoms in total. The van der Waals surface area contributed by atoms with Gasteiger partial charge < -0.3 is 20.6 Å². The lowest BCUT2D eigenvalue weighted by atomic mass is 10.1. The number of anilines is 1. The van der Waals surface area contributed by atoms with E-state index in [0.29, 0.717) is 4.47 Å². The van der Waals surface area contributed by atoms with Gasteiger partial charge in [0.2, 0.25) is 0 Å². The van der Waals surface area contributed by atoms with Crippen molar-refractivity contribution in [3.05, 3.63) is 52.0 Å². The molecule has 7 heteroatoms. The van der Waals surface area contributed by atoms with E-state index >= 15 is 0 Å². The number of carboxylic acid groups (broad SMARTS) is 1. The lowest BCUT2D eigenvalue weighted by Gasteiger charge is -2.10. The summed E-state index contributed by atoms with van der Waals surface area (Å²) in [5.41, 5.74) is -0.176. The predicted octanol–water partition coefficient (Wildman–Crippen LogP) is 2.81. The third-order valence-electron chi connectivity index (χ3n) is 2.68. The van der Waals surface area contributed by atoms with Crippen LogP contribution in [0.4, 0.5) is 5.69 Å². The topological polar surface area (TPSA) is 107 Å². The number of carboxylic acids is 1. The van der Waals surface area contributed by atoms with Crippen LogP contribution < -0.4 is 5.32 Å². The molecule has 0 aliphatic carbocycles. The maximum Gasteiger partial charge on any atom is 0.337 e. The summed E-state index contributed by atoms with van der Waals surface area (Å²) in [4.78, 5) is 23.2. The number of aromatic hydroxyl groups is 2. The molecule has 0 radical (unpaired) electrons. The standard InChI is InChI=1S/C14H10BrNO5/c15-7-1-3-11(9(5-7)14(20)21)16-13(19)10-6-8(17)2-4-12(10)18/h1-6,17-18H,(H,16,19)(H,20,21). The Hall–Kier alpha value is -2.54. The molecule has 0 aliphatic heterocycles. The molecular formula is C14H10BrNO5. The fourth-order valence-corrected chi connectivity index (χ4v) is 2.06. The maximum atomic E-state index is 12.1. The molecule has 0 bridgehead atoms. The van der Waals surface area contributed by atoms with Gasteiger partial charge in [0, 0.05) is 4.47 Å². The van der Waals surface area contributed by atoms with Gasteiger partial charge in [-0.05, 0) is 36.4 Å². The van der Waals surface area contributed by atoms with Crippen molar-refractivity contribution in [2.75, 3.05) is 5.32 Å². The van der Waals surface area contributed by atoms with E-state index in [9.17, 15) is 19.8 Å². The lowest BCUT2D eigenvalue weighted by Crippen LogP contribution is -2.15. The fraction of sp³-hybridized carbons (Fsp3) is 0. The molecule has 1 amide bonds. The highest BCUT2D eigenvalue weighted by molar-refractivity contribution is 9.10. The minimum Gasteiger partial charge on any atom is -0.508 e. The van der Waals surface area contributed by atoms with Gasteiger partial charge in [0.1, 0.15) is 11.5 Å². The highest BCUT2D eigenvalue weighted by atomic mass is 79.9. The third kappa shape index (κ3) is 3.32. The summed E-state index contributed by atoms with van der Waals surface area (Å²) in [6, 6.07) is 7.83. The molecule has 2 rings (SSSR count). The number of carbonyl (C=O) groups is 2. The van der Waals surface area contributed by atoms with Crippen LogP contribution in [0, 0.1) is 0 Å². The van der Waals surface area contributed by atoms with Gasteiger partial charge in [-0.3, -0.25) is 4.79 Å². The van der Waals surface area contributed by atoms with Crippen molar-refractivity contribution in [1.29, 1.82) is 0 Å². The quantitative estimate of drug-likeness (QED) is 0.636. The van der Waals surface area contributed by atoms with Crippen molar-refractivity contribution >= 4 is 33.5 Å². The number of nitrogens with one attached hydrogen (secondary N) is 1. The highest BCUT2D eigenvalue weighted by Gasteiger charge is 2.16. The van der Waals surface area contributed by atoms with E-state index in [0.717, 1.165) is 6.07 Å². The number of phenols is 2. The maximum absolute atomic E-state index is 12.1. The van der Waals surface area contributed by atoms with Crippen LogP contribution in [0.25, 0.3) is 0 Å². The number of benzene rings is 2. The normalized spacial score (nSPS) is 10.1. The molecule has 0 unspecified atom stereocenters. The van der Waals surface area contributed by atoms with Crippen molar-refractivity contribution in [3.63, 3.8) is 0 Å². The Kier molecular flexibility index (Phi) is 4.13. The molecule has 0 aliphatic rings. The van der Waals surface area contributed by atoms with E-state index in [2.05, 4.69) is 21.2 Å². The average molecular weight is 352 g/mol. The van der Waals surface area contributed by atoms with E-state index < -0.39 is 11.9 Å². The van der Waals surface area contributed by atoms with Crippen LogP contribution in [0.15, 0.2) is 40.9 Å². The molecule has 21 heavy (non-hydrogen) atoms. The number of rotatable bonds is 3. The highest BCUT2D eigenvalue weighted by Crippen LogP contribution is 2.25. The van der Waals surface area contributed by atoms with E-state index in [1.165, 1.54) is 24.3 Å². The Morgan fingerprint density at radius 3 is 2.38 bits per heavy atom. The Balaban J connectivity index is 2.36. The zero-order valence-corrected chi connectivity index (χ0v) is 12.1. The first kappa shape index (κ1) is 14.9. The number of amides is 1. The Morgan fingerprint density at radius 1 is 1.00 bits per heavy atom. The van der Waals surface area contributed by atoms with Gasteiger partial charge in [-0.25, -0.2) is 4.79 Å². The fourth-order valence-electron chi connectivity index (χ4n) is 1.70. The first-order valence-corrected chi connectivity index (χ1v) is 6.54. The van der Waals surface area contributed by atoms with Gasteiger partial charge in [-0.15, -0.1) is 0 Å². The molecule has 0 heterocycles. The molecule has 0 saturated carbocycles. The summed E-state index contributed by atoms with van der Waals surface area (Å²) in [5, 5.41) is 30.5. The number of aromatic carboxylic acids is 1. The second kappa shape index (κ2) is 5.84. The van der Waals surface area contributed by atoms with Crippen molar-refractivity contribution in [2.45, 2.75) is 0 Å². The third-order valence-corrected chi connectivity index (χ3v) is 3.18. The van der Waals surface area contributed by atoms with Crippen LogP contribution in [0.5, 0.6) is 11.5 Å². The summed E-state index contributed by atoms with van der Waals surface area (Å²) in [6.07, 6.45) is 0. The molecule has 0 spiro atoms. The lowest BCUT2D eigenvalue weighted by molar-refractivity contribution is 0.0698. The number of carbonyl (C=O) groups excluding carboxylic acids is 1. The predicted molar refractivity (Wildman–Crippen MR) is 78.8 cm³/mol. The monoisotopic (exact) mass is 351 g/mol. The van der Waals surface area contributed by atoms with E-state index in [1.807, 2.05) is 0 Å². The molecule has 0 fully saturated rings. The molecule has 2 aromatic rings. The van der Waals surface area contributed by atoms with Crippen LogP contribution in [0.3, 0.4) is 0 Å². The number of phenolic OH excluding ortho intramolecular Hbond substituents is 2. The SMILES string of the molecule is O=C(Nc1ccc(Br)cc1C(=O)O)c1cc(O)ccc1O. The Morgan fingerprint density at radius 2 is 1.71 bits per heavy atom. The molecule has 108 valence electrons. The zero-order valence-electron chi connectivity index (χ0n) is 10.5. The molecule has 0 aromatic heterocycles. The minimum absolute atomic E-state index is 0.0819. The summed E-state index contributed by atoms with van der Waals surface area (Å²) >= 11 is 3.15. The largest absolute Gasteiger partial charge is 0.508 e. The average Bonchev–Trinajstić information content (AvgIpc) is 2.43. The van der Waals surface area contributed by atoms with Gasteiger partial charge in [0.25, 0.3) is 5.91 Å². The van der Waals surface area contributed by atoms with Crippen molar-refractivity contribution in [2.24, 2.45) is 0 Å². The second-order valence-corrected chi connectivity index (χ2v) is 5.07. The molecule has 0 atom stereocenters. The Labute approximate surface area is 127 Å². The second-order valence-electron chi connectivity index (χ2n) is 4.15. The van der Waals surface area contributed by atoms with E-state index in [4.69, 9.17) is 5.11 Å². The zero-order chi connectivity index (χ0) is 15.6. The van der Waals surface area contributed by atoms with Gasteiger partial charge in [-0.2, -0.15) is 0 Å². The first-order valence-electron chi connectivity index (χ1n) is 5.74. The Bertz CT molecular complexity index is 729. The molecule has 0 saturated heterocycles. The van der Waals surface area contributed by atoms with Crippen molar-refractivity contribution < 1.29 is 24.9 Å². The first-order chi connectivity index (χ1) is 9.88. The molecular weight excluding hydrogens is 342 g/mol. The summed E-state index contributed by atoms with van der Waals surface area (Å²) in [5.74, 6) is -2.44. The summed E-state index contributed by atoms with van der Waals surface area (Å²) < 4.78 is 0.554. The van der Waals surface area contributed by atoms with Gasteiger partial charge >= 0.3 is 5.97 Å². The van der Waals surface area contributed by atoms with E-state index in [-0.39, 0.29) is 28.3 Å². The van der Waals surface area contributed by atoms with Gasteiger partial charge in [-0.1, -0.05) is 15.9 Å². The number of hydrogen-bond acceptors (Lipinski definition) is 4. The van der Waals surface area contributed by atoms with Crippen molar-refractivity contribution in [3.8, 4) is 11.5 Å². The van der Waals surface area contributed by atoms with Gasteiger partial charge in [0.15, 0.2) is 0 Å². The number of hydrogen-bond donors (Lipinski definition) is 4. The van der Waals surface area contributed by atoms with Crippen LogP contribution in [-0.4, -0.2) is 27.2 Å². The van der Waals surface area contributed by atoms with Gasteiger partial charge in [0.05, 0.1) is 16.8 Å². The van der Waals surface area contributed by atoms with Crippen LogP contribution in [0.2, 0.25) is 0 Å². The van der Waals surface area contributed by atoms with Crippen molar-refractivity contribution in [1.82, 2.24) is 0 Å². The van der Waals surface area contributed by atoms with E-state index in [1.54, 1.807) is 6.07 Å². The molecule has 2 aromatic carbocycles.